The van der Waals surface area contributed by atoms with E-state index >= 15 is 0 Å². The first-order valence-electron chi connectivity index (χ1n) is 8.83. The van der Waals surface area contributed by atoms with E-state index in [4.69, 9.17) is 0 Å². The number of carbonyl (C=O) groups is 1. The number of thiophene rings is 1. The lowest BCUT2D eigenvalue weighted by atomic mass is 10.2. The van der Waals surface area contributed by atoms with Crippen LogP contribution in [-0.2, 0) is 6.42 Å². The molecule has 8 nitrogen and oxygen atoms in total. The first-order chi connectivity index (χ1) is 14.1. The Morgan fingerprint density at radius 1 is 1.17 bits per heavy atom. The van der Waals surface area contributed by atoms with Crippen LogP contribution in [-0.4, -0.2) is 32.6 Å². The number of nitrogens with one attached hydrogen (secondary N) is 3. The van der Waals surface area contributed by atoms with Gasteiger partial charge in [0.25, 0.3) is 0 Å². The third-order valence-electron chi connectivity index (χ3n) is 4.15. The van der Waals surface area contributed by atoms with Crippen molar-refractivity contribution in [2.45, 2.75) is 13.3 Å². The summed E-state index contributed by atoms with van der Waals surface area (Å²) >= 11 is 3.02. The number of nitrogens with zero attached hydrogens (tertiary/aromatic N) is 3. The van der Waals surface area contributed by atoms with E-state index in [0.29, 0.717) is 17.4 Å². The van der Waals surface area contributed by atoms with Gasteiger partial charge in [-0.1, -0.05) is 6.07 Å². The zero-order chi connectivity index (χ0) is 20.2. The maximum absolute atomic E-state index is 12.1. The lowest BCUT2D eigenvalue weighted by Crippen LogP contribution is -2.19. The van der Waals surface area contributed by atoms with Crippen molar-refractivity contribution in [3.63, 3.8) is 0 Å². The number of fused-ring (bicyclic) bond motifs is 1. The van der Waals surface area contributed by atoms with Crippen LogP contribution >= 0.6 is 22.7 Å². The average molecular weight is 427 g/mol. The summed E-state index contributed by atoms with van der Waals surface area (Å²) in [6.07, 6.45) is 4.06. The minimum atomic E-state index is -0.409. The third kappa shape index (κ3) is 4.61. The number of benzene rings is 1. The highest BCUT2D eigenvalue weighted by Crippen LogP contribution is 2.25. The van der Waals surface area contributed by atoms with Crippen molar-refractivity contribution in [3.05, 3.63) is 52.6 Å². The highest BCUT2D eigenvalue weighted by Gasteiger charge is 2.09. The lowest BCUT2D eigenvalue weighted by Gasteiger charge is -2.07. The van der Waals surface area contributed by atoms with Crippen LogP contribution in [0.4, 0.5) is 21.4 Å². The van der Waals surface area contributed by atoms with Crippen LogP contribution in [0.25, 0.3) is 10.2 Å². The highest BCUT2D eigenvalue weighted by atomic mass is 32.1. The number of amides is 2. The molecule has 3 aromatic heterocycles. The van der Waals surface area contributed by atoms with Gasteiger partial charge in [0.15, 0.2) is 5.13 Å². The summed E-state index contributed by atoms with van der Waals surface area (Å²) in [5.74, 6) is 0.962. The van der Waals surface area contributed by atoms with Gasteiger partial charge in [-0.3, -0.25) is 5.32 Å². The molecule has 0 saturated heterocycles. The minimum absolute atomic E-state index is 0.135. The molecular weight excluding hydrogens is 408 g/mol. The maximum atomic E-state index is 12.1. The Bertz CT molecular complexity index is 1160. The molecule has 0 saturated carbocycles. The van der Waals surface area contributed by atoms with Gasteiger partial charge < -0.3 is 15.7 Å². The maximum Gasteiger partial charge on any atom is 0.325 e. The zero-order valence-corrected chi connectivity index (χ0v) is 17.1. The van der Waals surface area contributed by atoms with Crippen LogP contribution < -0.4 is 16.0 Å². The van der Waals surface area contributed by atoms with Gasteiger partial charge in [0.05, 0.1) is 10.2 Å². The summed E-state index contributed by atoms with van der Waals surface area (Å²) in [7, 11) is 0. The molecule has 4 rings (SSSR count). The summed E-state index contributed by atoms with van der Waals surface area (Å²) in [5, 5.41) is 20.9. The number of aromatic nitrogens is 3. The van der Waals surface area contributed by atoms with Crippen LogP contribution in [0.3, 0.4) is 0 Å². The summed E-state index contributed by atoms with van der Waals surface area (Å²) in [4.78, 5) is 25.9. The summed E-state index contributed by atoms with van der Waals surface area (Å²) in [6.45, 7) is 2.49. The zero-order valence-electron chi connectivity index (χ0n) is 15.5. The molecule has 4 aromatic rings. The third-order valence-corrected chi connectivity index (χ3v) is 6.03. The Balaban J connectivity index is 1.29. The molecule has 2 amide bonds. The van der Waals surface area contributed by atoms with Crippen LogP contribution in [0.15, 0.2) is 42.2 Å². The molecular formula is C19H18N6O2S2. The standard InChI is InChI=1S/C19H18N6O2S2/c1-11-2-3-12(8-15(11)26)24-18(27)25-19-21-9-13(29-19)4-6-20-17-16-14(5-7-28-16)22-10-23-17/h2-3,5,7-10,26H,4,6H2,1H3,(H,20,22,23)(H2,21,24,25,27). The van der Waals surface area contributed by atoms with E-state index < -0.39 is 6.03 Å². The number of aryl methyl sites for hydroxylation is 1. The molecule has 0 aliphatic heterocycles. The normalized spacial score (nSPS) is 10.8. The minimum Gasteiger partial charge on any atom is -0.508 e. The Morgan fingerprint density at radius 2 is 2.07 bits per heavy atom. The molecule has 0 fully saturated rings. The summed E-state index contributed by atoms with van der Waals surface area (Å²) in [6, 6.07) is 6.53. The number of phenolic OH excluding ortho intramolecular Hbond substituents is 1. The highest BCUT2D eigenvalue weighted by molar-refractivity contribution is 7.17. The van der Waals surface area contributed by atoms with Crippen molar-refractivity contribution in [1.82, 2.24) is 15.0 Å². The molecule has 0 spiro atoms. The molecule has 148 valence electrons. The number of aromatic hydroxyl groups is 1. The topological polar surface area (TPSA) is 112 Å². The molecule has 0 aliphatic carbocycles. The van der Waals surface area contributed by atoms with Gasteiger partial charge in [0.2, 0.25) is 0 Å². The monoisotopic (exact) mass is 426 g/mol. The molecule has 0 atom stereocenters. The number of anilines is 3. The van der Waals surface area contributed by atoms with Gasteiger partial charge in [-0.25, -0.2) is 19.7 Å². The quantitative estimate of drug-likeness (QED) is 0.362. The summed E-state index contributed by atoms with van der Waals surface area (Å²) in [5.41, 5.74) is 2.19. The lowest BCUT2D eigenvalue weighted by molar-refractivity contribution is 0.262. The van der Waals surface area contributed by atoms with Crippen LogP contribution in [0.5, 0.6) is 5.75 Å². The van der Waals surface area contributed by atoms with E-state index in [0.717, 1.165) is 32.9 Å². The predicted octanol–water partition coefficient (Wildman–Crippen LogP) is 4.46. The Morgan fingerprint density at radius 3 is 2.93 bits per heavy atom. The fourth-order valence-corrected chi connectivity index (χ4v) is 4.26. The number of phenols is 1. The second-order valence-corrected chi connectivity index (χ2v) is 8.28. The fourth-order valence-electron chi connectivity index (χ4n) is 2.65. The molecule has 1 aromatic carbocycles. The van der Waals surface area contributed by atoms with Crippen LogP contribution in [0, 0.1) is 6.92 Å². The predicted molar refractivity (Wildman–Crippen MR) is 117 cm³/mol. The van der Waals surface area contributed by atoms with Gasteiger partial charge in [-0.15, -0.1) is 22.7 Å². The first kappa shape index (κ1) is 19.1. The first-order valence-corrected chi connectivity index (χ1v) is 10.5. The van der Waals surface area contributed by atoms with Gasteiger partial charge >= 0.3 is 6.03 Å². The number of thiazole rings is 1. The van der Waals surface area contributed by atoms with E-state index in [9.17, 15) is 9.90 Å². The molecule has 0 radical (unpaired) electrons. The van der Waals surface area contributed by atoms with Crippen LogP contribution in [0.2, 0.25) is 0 Å². The molecule has 4 N–H and O–H groups in total. The van der Waals surface area contributed by atoms with E-state index in [1.807, 2.05) is 11.4 Å². The van der Waals surface area contributed by atoms with E-state index in [-0.39, 0.29) is 5.75 Å². The molecule has 29 heavy (non-hydrogen) atoms. The molecule has 0 aliphatic rings. The van der Waals surface area contributed by atoms with Crippen molar-refractivity contribution in [2.75, 3.05) is 22.5 Å². The van der Waals surface area contributed by atoms with Crippen molar-refractivity contribution < 1.29 is 9.90 Å². The van der Waals surface area contributed by atoms with Gasteiger partial charge in [-0.05, 0) is 30.0 Å². The van der Waals surface area contributed by atoms with Crippen molar-refractivity contribution >= 4 is 55.6 Å². The second kappa shape index (κ2) is 8.41. The molecule has 0 unspecified atom stereocenters. The van der Waals surface area contributed by atoms with Crippen molar-refractivity contribution in [2.24, 2.45) is 0 Å². The second-order valence-electron chi connectivity index (χ2n) is 6.25. The van der Waals surface area contributed by atoms with Crippen molar-refractivity contribution in [3.8, 4) is 5.75 Å². The molecule has 10 heteroatoms. The Kier molecular flexibility index (Phi) is 5.54. The van der Waals surface area contributed by atoms with E-state index in [2.05, 4.69) is 30.9 Å². The number of carbonyl (C=O) groups excluding carboxylic acids is 1. The largest absolute Gasteiger partial charge is 0.508 e. The van der Waals surface area contributed by atoms with E-state index in [1.54, 1.807) is 42.9 Å². The number of hydrogen-bond acceptors (Lipinski definition) is 8. The fraction of sp³-hybridized carbons (Fsp3) is 0.158. The smallest absolute Gasteiger partial charge is 0.325 e. The number of urea groups is 1. The SMILES string of the molecule is Cc1ccc(NC(=O)Nc2ncc(CCNc3ncnc4ccsc34)s2)cc1O. The van der Waals surface area contributed by atoms with Gasteiger partial charge in [0.1, 0.15) is 17.9 Å². The summed E-state index contributed by atoms with van der Waals surface area (Å²) < 4.78 is 1.04. The van der Waals surface area contributed by atoms with Crippen molar-refractivity contribution in [1.29, 1.82) is 0 Å². The van der Waals surface area contributed by atoms with E-state index in [1.165, 1.54) is 17.4 Å². The van der Waals surface area contributed by atoms with Gasteiger partial charge in [-0.2, -0.15) is 0 Å². The average Bonchev–Trinajstić information content (AvgIpc) is 3.34. The molecule has 0 bridgehead atoms. The number of hydrogen-bond donors (Lipinski definition) is 4. The van der Waals surface area contributed by atoms with Gasteiger partial charge in [0, 0.05) is 35.8 Å². The Hall–Kier alpha value is -3.24. The molecule has 3 heterocycles. The Labute approximate surface area is 174 Å². The number of rotatable bonds is 6. The van der Waals surface area contributed by atoms with Crippen LogP contribution in [0.1, 0.15) is 10.4 Å².